The zero-order chi connectivity index (χ0) is 17.7. The summed E-state index contributed by atoms with van der Waals surface area (Å²) < 4.78 is 32.5. The summed E-state index contributed by atoms with van der Waals surface area (Å²) in [6.45, 7) is 1.74. The molecule has 1 aliphatic carbocycles. The SMILES string of the molecule is COc1cc(F)c(NC(=O)N(CC(C)O)C2CCCCC2)cc1F. The number of halogens is 2. The van der Waals surface area contributed by atoms with Crippen molar-refractivity contribution in [1.82, 2.24) is 4.90 Å². The monoisotopic (exact) mass is 342 g/mol. The molecule has 0 bridgehead atoms. The van der Waals surface area contributed by atoms with Crippen molar-refractivity contribution >= 4 is 11.7 Å². The van der Waals surface area contributed by atoms with E-state index in [1.165, 1.54) is 12.0 Å². The summed E-state index contributed by atoms with van der Waals surface area (Å²) in [7, 11) is 1.24. The van der Waals surface area contributed by atoms with E-state index in [1.54, 1.807) is 6.92 Å². The maximum absolute atomic E-state index is 14.0. The van der Waals surface area contributed by atoms with E-state index in [-0.39, 0.29) is 24.0 Å². The molecule has 0 heterocycles. The van der Waals surface area contributed by atoms with E-state index in [2.05, 4.69) is 5.32 Å². The first-order valence-corrected chi connectivity index (χ1v) is 8.21. The van der Waals surface area contributed by atoms with Gasteiger partial charge in [-0.05, 0) is 19.8 Å². The summed E-state index contributed by atoms with van der Waals surface area (Å²) in [5, 5.41) is 12.1. The number of nitrogens with zero attached hydrogens (tertiary/aromatic N) is 1. The molecule has 24 heavy (non-hydrogen) atoms. The molecular formula is C17H24F2N2O3. The molecular weight excluding hydrogens is 318 g/mol. The van der Waals surface area contributed by atoms with Crippen LogP contribution in [-0.4, -0.2) is 41.8 Å². The van der Waals surface area contributed by atoms with Crippen LogP contribution in [0.15, 0.2) is 12.1 Å². The number of hydrogen-bond donors (Lipinski definition) is 2. The maximum atomic E-state index is 14.0. The average Bonchev–Trinajstić information content (AvgIpc) is 2.56. The van der Waals surface area contributed by atoms with Gasteiger partial charge in [-0.25, -0.2) is 13.6 Å². The molecule has 1 saturated carbocycles. The Kier molecular flexibility index (Phi) is 6.36. The fourth-order valence-corrected chi connectivity index (χ4v) is 3.04. The smallest absolute Gasteiger partial charge is 0.322 e. The van der Waals surface area contributed by atoms with E-state index in [4.69, 9.17) is 4.74 Å². The van der Waals surface area contributed by atoms with Crippen molar-refractivity contribution in [2.45, 2.75) is 51.2 Å². The lowest BCUT2D eigenvalue weighted by Gasteiger charge is -2.35. The van der Waals surface area contributed by atoms with Crippen molar-refractivity contribution in [3.05, 3.63) is 23.8 Å². The molecule has 7 heteroatoms. The number of aliphatic hydroxyl groups excluding tert-OH is 1. The molecule has 0 radical (unpaired) electrons. The van der Waals surface area contributed by atoms with Crippen LogP contribution in [0, 0.1) is 11.6 Å². The molecule has 1 unspecified atom stereocenters. The summed E-state index contributed by atoms with van der Waals surface area (Å²) in [5.74, 6) is -1.75. The van der Waals surface area contributed by atoms with Gasteiger partial charge >= 0.3 is 6.03 Å². The van der Waals surface area contributed by atoms with Gasteiger partial charge in [0.1, 0.15) is 0 Å². The van der Waals surface area contributed by atoms with Crippen LogP contribution >= 0.6 is 0 Å². The molecule has 1 aliphatic rings. The Morgan fingerprint density at radius 1 is 1.33 bits per heavy atom. The lowest BCUT2D eigenvalue weighted by Crippen LogP contribution is -2.47. The maximum Gasteiger partial charge on any atom is 0.322 e. The van der Waals surface area contributed by atoms with E-state index >= 15 is 0 Å². The van der Waals surface area contributed by atoms with Gasteiger partial charge in [0, 0.05) is 24.7 Å². The van der Waals surface area contributed by atoms with Crippen LogP contribution < -0.4 is 10.1 Å². The summed E-state index contributed by atoms with van der Waals surface area (Å²) in [4.78, 5) is 14.1. The fraction of sp³-hybridized carbons (Fsp3) is 0.588. The van der Waals surface area contributed by atoms with E-state index in [0.29, 0.717) is 0 Å². The van der Waals surface area contributed by atoms with Crippen molar-refractivity contribution < 1.29 is 23.4 Å². The van der Waals surface area contributed by atoms with Gasteiger partial charge in [0.2, 0.25) is 0 Å². The van der Waals surface area contributed by atoms with Gasteiger partial charge < -0.3 is 20.1 Å². The molecule has 2 rings (SSSR count). The van der Waals surface area contributed by atoms with E-state index in [1.807, 2.05) is 0 Å². The molecule has 1 aromatic carbocycles. The van der Waals surface area contributed by atoms with Crippen LogP contribution in [0.1, 0.15) is 39.0 Å². The van der Waals surface area contributed by atoms with Gasteiger partial charge in [-0.2, -0.15) is 0 Å². The largest absolute Gasteiger partial charge is 0.494 e. The van der Waals surface area contributed by atoms with Gasteiger partial charge in [0.05, 0.1) is 18.9 Å². The second kappa shape index (κ2) is 8.28. The highest BCUT2D eigenvalue weighted by Crippen LogP contribution is 2.27. The molecule has 1 atom stereocenters. The quantitative estimate of drug-likeness (QED) is 0.861. The number of nitrogens with one attached hydrogen (secondary N) is 1. The van der Waals surface area contributed by atoms with Crippen LogP contribution in [0.5, 0.6) is 5.75 Å². The van der Waals surface area contributed by atoms with Crippen molar-refractivity contribution in [1.29, 1.82) is 0 Å². The molecule has 134 valence electrons. The minimum atomic E-state index is -0.776. The number of aliphatic hydroxyl groups is 1. The zero-order valence-corrected chi connectivity index (χ0v) is 14.0. The lowest BCUT2D eigenvalue weighted by molar-refractivity contribution is 0.105. The van der Waals surface area contributed by atoms with Crippen molar-refractivity contribution in [3.63, 3.8) is 0 Å². The van der Waals surface area contributed by atoms with Crippen LogP contribution in [0.3, 0.4) is 0 Å². The predicted molar refractivity (Wildman–Crippen MR) is 87.2 cm³/mol. The number of amides is 2. The normalized spacial score (nSPS) is 16.5. The van der Waals surface area contributed by atoms with Crippen molar-refractivity contribution in [3.8, 4) is 5.75 Å². The first-order chi connectivity index (χ1) is 11.4. The molecule has 5 nitrogen and oxygen atoms in total. The van der Waals surface area contributed by atoms with Gasteiger partial charge in [-0.3, -0.25) is 0 Å². The third-order valence-corrected chi connectivity index (χ3v) is 4.22. The first kappa shape index (κ1) is 18.4. The molecule has 0 saturated heterocycles. The Hall–Kier alpha value is -1.89. The topological polar surface area (TPSA) is 61.8 Å². The third-order valence-electron chi connectivity index (χ3n) is 4.22. The van der Waals surface area contributed by atoms with Crippen LogP contribution in [0.25, 0.3) is 0 Å². The number of benzene rings is 1. The Morgan fingerprint density at radius 2 is 2.00 bits per heavy atom. The highest BCUT2D eigenvalue weighted by molar-refractivity contribution is 5.89. The minimum absolute atomic E-state index is 0.000457. The van der Waals surface area contributed by atoms with E-state index in [0.717, 1.165) is 44.2 Å². The Labute approximate surface area is 140 Å². The molecule has 1 aromatic rings. The number of carbonyl (C=O) groups is 1. The predicted octanol–water partition coefficient (Wildman–Crippen LogP) is 3.52. The lowest BCUT2D eigenvalue weighted by atomic mass is 9.94. The number of urea groups is 1. The van der Waals surface area contributed by atoms with Gasteiger partial charge in [-0.15, -0.1) is 0 Å². The van der Waals surface area contributed by atoms with E-state index in [9.17, 15) is 18.7 Å². The summed E-state index contributed by atoms with van der Waals surface area (Å²) in [6.07, 6.45) is 4.15. The summed E-state index contributed by atoms with van der Waals surface area (Å²) >= 11 is 0. The second-order valence-corrected chi connectivity index (χ2v) is 6.19. The Bertz CT molecular complexity index is 575. The number of ether oxygens (including phenoxy) is 1. The van der Waals surface area contributed by atoms with Crippen LogP contribution in [0.4, 0.5) is 19.3 Å². The number of hydrogen-bond acceptors (Lipinski definition) is 3. The highest BCUT2D eigenvalue weighted by Gasteiger charge is 2.27. The number of anilines is 1. The Balaban J connectivity index is 2.16. The van der Waals surface area contributed by atoms with Gasteiger partial charge in [0.15, 0.2) is 17.4 Å². The van der Waals surface area contributed by atoms with Crippen LogP contribution in [-0.2, 0) is 0 Å². The van der Waals surface area contributed by atoms with Gasteiger partial charge in [0.25, 0.3) is 0 Å². The molecule has 0 aromatic heterocycles. The number of rotatable bonds is 5. The van der Waals surface area contributed by atoms with E-state index < -0.39 is 23.8 Å². The highest BCUT2D eigenvalue weighted by atomic mass is 19.1. The molecule has 2 amide bonds. The molecule has 1 fully saturated rings. The molecule has 0 spiro atoms. The first-order valence-electron chi connectivity index (χ1n) is 8.21. The van der Waals surface area contributed by atoms with Crippen molar-refractivity contribution in [2.24, 2.45) is 0 Å². The second-order valence-electron chi connectivity index (χ2n) is 6.19. The summed E-state index contributed by atoms with van der Waals surface area (Å²) in [5.41, 5.74) is -0.246. The zero-order valence-electron chi connectivity index (χ0n) is 14.0. The molecule has 0 aliphatic heterocycles. The van der Waals surface area contributed by atoms with Crippen LogP contribution in [0.2, 0.25) is 0 Å². The average molecular weight is 342 g/mol. The fourth-order valence-electron chi connectivity index (χ4n) is 3.04. The Morgan fingerprint density at radius 3 is 2.58 bits per heavy atom. The summed E-state index contributed by atoms with van der Waals surface area (Å²) in [6, 6.07) is 1.25. The third kappa shape index (κ3) is 4.56. The standard InChI is InChI=1S/C17H24F2N2O3/c1-11(22)10-21(12-6-4-3-5-7-12)17(23)20-15-8-14(19)16(24-2)9-13(15)18/h8-9,11-12,22H,3-7,10H2,1-2H3,(H,20,23). The minimum Gasteiger partial charge on any atom is -0.494 e. The van der Waals surface area contributed by atoms with Crippen molar-refractivity contribution in [2.75, 3.05) is 19.0 Å². The molecule has 2 N–H and O–H groups in total. The number of carbonyl (C=O) groups excluding carboxylic acids is 1. The number of methoxy groups -OCH3 is 1. The van der Waals surface area contributed by atoms with Gasteiger partial charge in [-0.1, -0.05) is 19.3 Å².